The van der Waals surface area contributed by atoms with E-state index in [2.05, 4.69) is 5.10 Å². The molecule has 108 valence electrons. The first kappa shape index (κ1) is 14.4. The minimum atomic E-state index is -3.93. The Morgan fingerprint density at radius 3 is 2.45 bits per heavy atom. The molecular formula is C12H16N4O3S. The van der Waals surface area contributed by atoms with E-state index in [1.54, 1.807) is 24.7 Å². The predicted octanol–water partition coefficient (Wildman–Crippen LogP) is 1.06. The molecule has 2 rings (SSSR count). The van der Waals surface area contributed by atoms with Crippen LogP contribution in [-0.2, 0) is 17.1 Å². The van der Waals surface area contributed by atoms with Gasteiger partial charge in [-0.2, -0.15) is 5.10 Å². The lowest BCUT2D eigenvalue weighted by Gasteiger charge is -2.10. The summed E-state index contributed by atoms with van der Waals surface area (Å²) >= 11 is 0. The maximum Gasteiger partial charge on any atom is 0.241 e. The number of sulfonamides is 1. The van der Waals surface area contributed by atoms with Gasteiger partial charge in [-0.05, 0) is 32.0 Å². The van der Waals surface area contributed by atoms with Gasteiger partial charge in [0.2, 0.25) is 10.0 Å². The summed E-state index contributed by atoms with van der Waals surface area (Å²) in [6.07, 6.45) is 0. The van der Waals surface area contributed by atoms with E-state index in [4.69, 9.17) is 15.6 Å². The highest BCUT2D eigenvalue weighted by Gasteiger charge is 2.19. The topological polar surface area (TPSA) is 113 Å². The summed E-state index contributed by atoms with van der Waals surface area (Å²) in [5.74, 6) is 0.628. The van der Waals surface area contributed by atoms with Gasteiger partial charge in [0.25, 0.3) is 0 Å². The average molecular weight is 296 g/mol. The van der Waals surface area contributed by atoms with Gasteiger partial charge in [-0.25, -0.2) is 13.6 Å². The predicted molar refractivity (Wildman–Crippen MR) is 75.0 cm³/mol. The number of nitrogens with two attached hydrogens (primary N) is 2. The summed E-state index contributed by atoms with van der Waals surface area (Å²) in [5, 5.41) is 9.38. The molecule has 1 heterocycles. The van der Waals surface area contributed by atoms with Crippen LogP contribution in [-0.4, -0.2) is 18.2 Å². The first-order valence-electron chi connectivity index (χ1n) is 5.80. The van der Waals surface area contributed by atoms with E-state index in [0.29, 0.717) is 17.1 Å². The van der Waals surface area contributed by atoms with Crippen molar-refractivity contribution in [1.29, 1.82) is 0 Å². The molecule has 0 saturated heterocycles. The number of hydrogen-bond acceptors (Lipinski definition) is 5. The summed E-state index contributed by atoms with van der Waals surface area (Å²) in [6, 6.07) is 4.29. The maximum atomic E-state index is 11.6. The van der Waals surface area contributed by atoms with E-state index in [1.165, 1.54) is 12.1 Å². The Morgan fingerprint density at radius 2 is 1.95 bits per heavy atom. The van der Waals surface area contributed by atoms with Gasteiger partial charge in [-0.3, -0.25) is 4.68 Å². The van der Waals surface area contributed by atoms with Crippen LogP contribution in [0.3, 0.4) is 0 Å². The number of aromatic nitrogens is 2. The molecule has 4 N–H and O–H groups in total. The SMILES string of the molecule is Cc1nn(C)c(C)c1Oc1ccc(N)cc1S(N)(=O)=O. The molecule has 0 spiro atoms. The first-order chi connectivity index (χ1) is 9.20. The van der Waals surface area contributed by atoms with Crippen LogP contribution in [0.15, 0.2) is 23.1 Å². The molecule has 1 aromatic carbocycles. The molecule has 0 bridgehead atoms. The Kier molecular flexibility index (Phi) is 3.45. The van der Waals surface area contributed by atoms with Crippen molar-refractivity contribution >= 4 is 15.7 Å². The number of rotatable bonds is 3. The van der Waals surface area contributed by atoms with Gasteiger partial charge in [0.05, 0.1) is 5.69 Å². The van der Waals surface area contributed by atoms with E-state index in [-0.39, 0.29) is 10.6 Å². The lowest BCUT2D eigenvalue weighted by molar-refractivity contribution is 0.460. The Bertz CT molecular complexity index is 765. The molecule has 2 aromatic rings. The number of aryl methyl sites for hydroxylation is 2. The minimum Gasteiger partial charge on any atom is -0.452 e. The fourth-order valence-corrected chi connectivity index (χ4v) is 2.53. The zero-order chi connectivity index (χ0) is 15.1. The van der Waals surface area contributed by atoms with Crippen molar-refractivity contribution < 1.29 is 13.2 Å². The second-order valence-electron chi connectivity index (χ2n) is 4.48. The molecule has 20 heavy (non-hydrogen) atoms. The van der Waals surface area contributed by atoms with Crippen LogP contribution in [0.25, 0.3) is 0 Å². The van der Waals surface area contributed by atoms with E-state index in [9.17, 15) is 8.42 Å². The maximum absolute atomic E-state index is 11.6. The molecule has 0 radical (unpaired) electrons. The molecule has 0 aliphatic heterocycles. The van der Waals surface area contributed by atoms with Crippen LogP contribution in [0, 0.1) is 13.8 Å². The van der Waals surface area contributed by atoms with Crippen molar-refractivity contribution in [2.75, 3.05) is 5.73 Å². The number of benzene rings is 1. The first-order valence-corrected chi connectivity index (χ1v) is 7.35. The number of nitrogens with zero attached hydrogens (tertiary/aromatic N) is 2. The average Bonchev–Trinajstić information content (AvgIpc) is 2.56. The Morgan fingerprint density at radius 1 is 1.30 bits per heavy atom. The number of ether oxygens (including phenoxy) is 1. The standard InChI is InChI=1S/C12H16N4O3S/c1-7-12(8(2)16(3)15-7)19-10-5-4-9(13)6-11(10)20(14,17)18/h4-6H,13H2,1-3H3,(H2,14,17,18). The van der Waals surface area contributed by atoms with Crippen LogP contribution in [0.4, 0.5) is 5.69 Å². The Hall–Kier alpha value is -2.06. The molecule has 7 nitrogen and oxygen atoms in total. The van der Waals surface area contributed by atoms with Crippen LogP contribution in [0.5, 0.6) is 11.5 Å². The third-order valence-corrected chi connectivity index (χ3v) is 3.86. The van der Waals surface area contributed by atoms with E-state index in [1.807, 2.05) is 6.92 Å². The van der Waals surface area contributed by atoms with E-state index in [0.717, 1.165) is 5.69 Å². The fourth-order valence-electron chi connectivity index (χ4n) is 1.84. The van der Waals surface area contributed by atoms with Gasteiger partial charge >= 0.3 is 0 Å². The summed E-state index contributed by atoms with van der Waals surface area (Å²) in [4.78, 5) is -0.153. The highest BCUT2D eigenvalue weighted by Crippen LogP contribution is 2.33. The highest BCUT2D eigenvalue weighted by atomic mass is 32.2. The molecule has 0 atom stereocenters. The molecule has 0 fully saturated rings. The normalized spacial score (nSPS) is 11.6. The second kappa shape index (κ2) is 4.80. The van der Waals surface area contributed by atoms with Gasteiger partial charge in [-0.15, -0.1) is 0 Å². The van der Waals surface area contributed by atoms with Gasteiger partial charge in [0, 0.05) is 12.7 Å². The minimum absolute atomic E-state index is 0.126. The summed E-state index contributed by atoms with van der Waals surface area (Å²) < 4.78 is 30.5. The third-order valence-electron chi connectivity index (χ3n) is 2.93. The summed E-state index contributed by atoms with van der Waals surface area (Å²) in [6.45, 7) is 3.60. The molecule has 0 saturated carbocycles. The molecule has 0 aliphatic carbocycles. The van der Waals surface area contributed by atoms with Crippen molar-refractivity contribution in [3.8, 4) is 11.5 Å². The second-order valence-corrected chi connectivity index (χ2v) is 6.01. The van der Waals surface area contributed by atoms with Gasteiger partial charge in [-0.1, -0.05) is 0 Å². The molecule has 8 heteroatoms. The fraction of sp³-hybridized carbons (Fsp3) is 0.250. The van der Waals surface area contributed by atoms with Crippen molar-refractivity contribution in [2.24, 2.45) is 12.2 Å². The van der Waals surface area contributed by atoms with Crippen molar-refractivity contribution in [3.05, 3.63) is 29.6 Å². The van der Waals surface area contributed by atoms with E-state index < -0.39 is 10.0 Å². The monoisotopic (exact) mass is 296 g/mol. The quantitative estimate of drug-likeness (QED) is 0.822. The van der Waals surface area contributed by atoms with E-state index >= 15 is 0 Å². The molecule has 0 unspecified atom stereocenters. The van der Waals surface area contributed by atoms with Crippen LogP contribution in [0.1, 0.15) is 11.4 Å². The van der Waals surface area contributed by atoms with Gasteiger partial charge < -0.3 is 10.5 Å². The summed E-state index contributed by atoms with van der Waals surface area (Å²) in [7, 11) is -2.15. The lowest BCUT2D eigenvalue weighted by Crippen LogP contribution is -2.13. The zero-order valence-electron chi connectivity index (χ0n) is 11.4. The summed E-state index contributed by atoms with van der Waals surface area (Å²) in [5.41, 5.74) is 7.31. The highest BCUT2D eigenvalue weighted by molar-refractivity contribution is 7.89. The molecule has 1 aromatic heterocycles. The number of anilines is 1. The lowest BCUT2D eigenvalue weighted by atomic mass is 10.3. The Balaban J connectivity index is 2.55. The number of hydrogen-bond donors (Lipinski definition) is 2. The molecular weight excluding hydrogens is 280 g/mol. The zero-order valence-corrected chi connectivity index (χ0v) is 12.2. The smallest absolute Gasteiger partial charge is 0.241 e. The van der Waals surface area contributed by atoms with Crippen LogP contribution >= 0.6 is 0 Å². The Labute approximate surface area is 117 Å². The third kappa shape index (κ3) is 2.61. The molecule has 0 amide bonds. The molecule has 0 aliphatic rings. The largest absolute Gasteiger partial charge is 0.452 e. The van der Waals surface area contributed by atoms with Crippen molar-refractivity contribution in [1.82, 2.24) is 9.78 Å². The number of primary sulfonamides is 1. The van der Waals surface area contributed by atoms with Crippen LogP contribution < -0.4 is 15.6 Å². The van der Waals surface area contributed by atoms with Crippen molar-refractivity contribution in [3.63, 3.8) is 0 Å². The number of nitrogen functional groups attached to an aromatic ring is 1. The van der Waals surface area contributed by atoms with Gasteiger partial charge in [0.1, 0.15) is 16.3 Å². The van der Waals surface area contributed by atoms with Crippen LogP contribution in [0.2, 0.25) is 0 Å². The van der Waals surface area contributed by atoms with Crippen molar-refractivity contribution in [2.45, 2.75) is 18.7 Å². The van der Waals surface area contributed by atoms with Gasteiger partial charge in [0.15, 0.2) is 5.75 Å².